The number of benzene rings is 1. The van der Waals surface area contributed by atoms with E-state index >= 15 is 0 Å². The van der Waals surface area contributed by atoms with Crippen molar-refractivity contribution >= 4 is 0 Å². The number of methoxy groups -OCH3 is 1. The van der Waals surface area contributed by atoms with E-state index in [-0.39, 0.29) is 12.4 Å². The van der Waals surface area contributed by atoms with Gasteiger partial charge in [-0.2, -0.15) is 0 Å². The minimum atomic E-state index is -0.256. The van der Waals surface area contributed by atoms with Crippen LogP contribution < -0.4 is 10.1 Å². The largest absolute Gasteiger partial charge is 0.497 e. The predicted octanol–water partition coefficient (Wildman–Crippen LogP) is 1.70. The lowest BCUT2D eigenvalue weighted by molar-refractivity contribution is 0.283. The molecule has 0 bridgehead atoms. The van der Waals surface area contributed by atoms with Crippen molar-refractivity contribution in [2.45, 2.75) is 19.4 Å². The molecule has 0 aliphatic carbocycles. The van der Waals surface area contributed by atoms with Gasteiger partial charge < -0.3 is 15.2 Å². The number of ether oxygens (including phenoxy) is 1. The lowest BCUT2D eigenvalue weighted by atomic mass is 10.2. The molecule has 0 aliphatic heterocycles. The Morgan fingerprint density at radius 2 is 2.19 bits per heavy atom. The van der Waals surface area contributed by atoms with E-state index in [0.29, 0.717) is 17.9 Å². The maximum Gasteiger partial charge on any atom is 0.131 e. The lowest BCUT2D eigenvalue weighted by Gasteiger charge is -2.07. The zero-order valence-corrected chi connectivity index (χ0v) is 9.50. The van der Waals surface area contributed by atoms with E-state index in [1.807, 2.05) is 0 Å². The summed E-state index contributed by atoms with van der Waals surface area (Å²) in [7, 11) is 1.52. The smallest absolute Gasteiger partial charge is 0.131 e. The average molecular weight is 227 g/mol. The number of hydrogen-bond donors (Lipinski definition) is 2. The van der Waals surface area contributed by atoms with Crippen molar-refractivity contribution in [2.24, 2.45) is 0 Å². The van der Waals surface area contributed by atoms with Crippen LogP contribution >= 0.6 is 0 Å². The number of unbranched alkanes of at least 4 members (excludes halogenated alkanes) is 1. The Morgan fingerprint density at radius 1 is 1.38 bits per heavy atom. The summed E-state index contributed by atoms with van der Waals surface area (Å²) in [4.78, 5) is 0. The van der Waals surface area contributed by atoms with Crippen LogP contribution in [0.4, 0.5) is 4.39 Å². The van der Waals surface area contributed by atoms with Crippen molar-refractivity contribution in [1.82, 2.24) is 5.32 Å². The van der Waals surface area contributed by atoms with E-state index in [1.165, 1.54) is 13.2 Å². The summed E-state index contributed by atoms with van der Waals surface area (Å²) in [5, 5.41) is 11.7. The van der Waals surface area contributed by atoms with E-state index in [0.717, 1.165) is 19.4 Å². The predicted molar refractivity (Wildman–Crippen MR) is 61.0 cm³/mol. The summed E-state index contributed by atoms with van der Waals surface area (Å²) < 4.78 is 18.4. The second-order valence-corrected chi connectivity index (χ2v) is 3.56. The zero-order valence-electron chi connectivity index (χ0n) is 9.50. The minimum absolute atomic E-state index is 0.207. The summed E-state index contributed by atoms with van der Waals surface area (Å²) in [6, 6.07) is 4.84. The highest BCUT2D eigenvalue weighted by Gasteiger charge is 2.02. The fourth-order valence-corrected chi connectivity index (χ4v) is 1.38. The molecule has 3 nitrogen and oxygen atoms in total. The maximum atomic E-state index is 13.5. The normalized spacial score (nSPS) is 10.4. The van der Waals surface area contributed by atoms with Crippen LogP contribution in [0.15, 0.2) is 18.2 Å². The molecule has 1 aromatic carbocycles. The number of hydrogen-bond acceptors (Lipinski definition) is 3. The second-order valence-electron chi connectivity index (χ2n) is 3.56. The summed E-state index contributed by atoms with van der Waals surface area (Å²) in [6.45, 7) is 1.49. The average Bonchev–Trinajstić information content (AvgIpc) is 2.30. The van der Waals surface area contributed by atoms with Gasteiger partial charge in [0.25, 0.3) is 0 Å². The second kappa shape index (κ2) is 7.19. The molecule has 0 spiro atoms. The number of aliphatic hydroxyl groups is 1. The van der Waals surface area contributed by atoms with Crippen LogP contribution in [0.5, 0.6) is 5.75 Å². The van der Waals surface area contributed by atoms with Gasteiger partial charge in [-0.25, -0.2) is 4.39 Å². The highest BCUT2D eigenvalue weighted by atomic mass is 19.1. The summed E-state index contributed by atoms with van der Waals surface area (Å²) in [5.41, 5.74) is 0.629. The molecule has 0 amide bonds. The van der Waals surface area contributed by atoms with Crippen LogP contribution in [0.1, 0.15) is 18.4 Å². The molecule has 0 radical (unpaired) electrons. The van der Waals surface area contributed by atoms with Crippen molar-refractivity contribution in [3.8, 4) is 5.75 Å². The standard InChI is InChI=1S/C12H18FNO2/c1-16-11-5-4-10(12(13)8-11)9-14-6-2-3-7-15/h4-5,8,14-15H,2-3,6-7,9H2,1H3. The topological polar surface area (TPSA) is 41.5 Å². The molecular formula is C12H18FNO2. The molecule has 1 rings (SSSR count). The number of nitrogens with one attached hydrogen (secondary N) is 1. The number of rotatable bonds is 7. The third-order valence-corrected chi connectivity index (χ3v) is 2.34. The maximum absolute atomic E-state index is 13.5. The first-order chi connectivity index (χ1) is 7.77. The van der Waals surface area contributed by atoms with Crippen LogP contribution in [0.2, 0.25) is 0 Å². The molecule has 0 saturated heterocycles. The van der Waals surface area contributed by atoms with Crippen molar-refractivity contribution < 1.29 is 14.2 Å². The highest BCUT2D eigenvalue weighted by molar-refractivity contribution is 5.28. The molecule has 0 aliphatic rings. The van der Waals surface area contributed by atoms with E-state index < -0.39 is 0 Å². The molecule has 0 aromatic heterocycles. The van der Waals surface area contributed by atoms with Crippen LogP contribution in [0.25, 0.3) is 0 Å². The molecular weight excluding hydrogens is 209 g/mol. The number of aliphatic hydroxyl groups excluding tert-OH is 1. The van der Waals surface area contributed by atoms with Gasteiger partial charge in [0.1, 0.15) is 11.6 Å². The minimum Gasteiger partial charge on any atom is -0.497 e. The van der Waals surface area contributed by atoms with Crippen molar-refractivity contribution in [2.75, 3.05) is 20.3 Å². The summed E-state index contributed by atoms with van der Waals surface area (Å²) in [5.74, 6) is 0.274. The molecule has 4 heteroatoms. The van der Waals surface area contributed by atoms with E-state index in [4.69, 9.17) is 9.84 Å². The van der Waals surface area contributed by atoms with Gasteiger partial charge in [0.2, 0.25) is 0 Å². The number of halogens is 1. The Labute approximate surface area is 95.2 Å². The molecule has 2 N–H and O–H groups in total. The van der Waals surface area contributed by atoms with Gasteiger partial charge in [0.05, 0.1) is 7.11 Å². The molecule has 16 heavy (non-hydrogen) atoms. The van der Waals surface area contributed by atoms with Crippen LogP contribution in [0.3, 0.4) is 0 Å². The third-order valence-electron chi connectivity index (χ3n) is 2.34. The van der Waals surface area contributed by atoms with E-state index in [1.54, 1.807) is 12.1 Å². The lowest BCUT2D eigenvalue weighted by Crippen LogP contribution is -2.15. The van der Waals surface area contributed by atoms with Gasteiger partial charge in [0, 0.05) is 24.8 Å². The summed E-state index contributed by atoms with van der Waals surface area (Å²) in [6.07, 6.45) is 1.67. The monoisotopic (exact) mass is 227 g/mol. The SMILES string of the molecule is COc1ccc(CNCCCCO)c(F)c1. The van der Waals surface area contributed by atoms with Crippen LogP contribution in [-0.4, -0.2) is 25.4 Å². The molecule has 90 valence electrons. The fraction of sp³-hybridized carbons (Fsp3) is 0.500. The third kappa shape index (κ3) is 4.16. The molecule has 0 heterocycles. The fourth-order valence-electron chi connectivity index (χ4n) is 1.38. The molecule has 1 aromatic rings. The van der Waals surface area contributed by atoms with Crippen molar-refractivity contribution in [1.29, 1.82) is 0 Å². The van der Waals surface area contributed by atoms with Gasteiger partial charge in [0.15, 0.2) is 0 Å². The molecule has 0 fully saturated rings. The van der Waals surface area contributed by atoms with Gasteiger partial charge in [-0.05, 0) is 25.5 Å². The van der Waals surface area contributed by atoms with E-state index in [9.17, 15) is 4.39 Å². The molecule has 0 unspecified atom stereocenters. The van der Waals surface area contributed by atoms with Gasteiger partial charge in [-0.15, -0.1) is 0 Å². The Balaban J connectivity index is 2.36. The van der Waals surface area contributed by atoms with Crippen molar-refractivity contribution in [3.63, 3.8) is 0 Å². The quantitative estimate of drug-likeness (QED) is 0.697. The first-order valence-electron chi connectivity index (χ1n) is 5.42. The Morgan fingerprint density at radius 3 is 2.81 bits per heavy atom. The van der Waals surface area contributed by atoms with E-state index in [2.05, 4.69) is 5.32 Å². The van der Waals surface area contributed by atoms with Gasteiger partial charge in [-0.3, -0.25) is 0 Å². The van der Waals surface area contributed by atoms with Crippen LogP contribution in [0, 0.1) is 5.82 Å². The Kier molecular flexibility index (Phi) is 5.82. The highest BCUT2D eigenvalue weighted by Crippen LogP contribution is 2.15. The molecule has 0 atom stereocenters. The summed E-state index contributed by atoms with van der Waals surface area (Å²) >= 11 is 0. The van der Waals surface area contributed by atoms with Crippen molar-refractivity contribution in [3.05, 3.63) is 29.6 Å². The molecule has 0 saturated carbocycles. The van der Waals surface area contributed by atoms with Gasteiger partial charge in [-0.1, -0.05) is 6.07 Å². The van der Waals surface area contributed by atoms with Gasteiger partial charge >= 0.3 is 0 Å². The Hall–Kier alpha value is -1.13. The first kappa shape index (κ1) is 12.9. The Bertz CT molecular complexity index is 318. The van der Waals surface area contributed by atoms with Crippen LogP contribution in [-0.2, 0) is 6.54 Å². The zero-order chi connectivity index (χ0) is 11.8. The first-order valence-corrected chi connectivity index (χ1v) is 5.42.